The summed E-state index contributed by atoms with van der Waals surface area (Å²) in [5.74, 6) is 0.0563. The minimum Gasteiger partial charge on any atom is -0.335 e. The lowest BCUT2D eigenvalue weighted by Crippen LogP contribution is -2.68. The smallest absolute Gasteiger partial charge is 0.254 e. The second kappa shape index (κ2) is 4.87. The van der Waals surface area contributed by atoms with E-state index in [1.54, 1.807) is 12.3 Å². The number of hydrogen-bond acceptors (Lipinski definition) is 3. The Labute approximate surface area is 118 Å². The molecule has 0 aliphatic carbocycles. The molecule has 1 aliphatic rings. The Morgan fingerprint density at radius 1 is 1.35 bits per heavy atom. The summed E-state index contributed by atoms with van der Waals surface area (Å²) in [5, 5.41) is 0.907. The molecule has 1 fully saturated rings. The minimum absolute atomic E-state index is 0.0563. The average Bonchev–Trinajstić information content (AvgIpc) is 2.43. The second-order valence-electron chi connectivity index (χ2n) is 5.65. The monoisotopic (exact) mass is 269 g/mol. The number of para-hydroxylation sites is 1. The van der Waals surface area contributed by atoms with Crippen LogP contribution in [0.4, 0.5) is 0 Å². The molecule has 1 aromatic carbocycles. The Balaban J connectivity index is 1.84. The van der Waals surface area contributed by atoms with E-state index in [1.807, 2.05) is 29.2 Å². The van der Waals surface area contributed by atoms with Crippen LogP contribution in [0.25, 0.3) is 10.9 Å². The van der Waals surface area contributed by atoms with E-state index in [9.17, 15) is 4.79 Å². The van der Waals surface area contributed by atoms with Crippen molar-refractivity contribution in [2.45, 2.75) is 25.3 Å². The van der Waals surface area contributed by atoms with Gasteiger partial charge in [-0.25, -0.2) is 0 Å². The third-order valence-electron chi connectivity index (χ3n) is 3.93. The highest BCUT2D eigenvalue weighted by molar-refractivity contribution is 6.06. The number of pyridine rings is 1. The summed E-state index contributed by atoms with van der Waals surface area (Å²) in [4.78, 5) is 18.7. The van der Waals surface area contributed by atoms with Gasteiger partial charge in [0.05, 0.1) is 16.6 Å². The van der Waals surface area contributed by atoms with Crippen LogP contribution in [0.1, 0.15) is 30.1 Å². The van der Waals surface area contributed by atoms with Crippen molar-refractivity contribution in [2.24, 2.45) is 5.73 Å². The number of likely N-dealkylation sites (tertiary alicyclic amines) is 1. The number of carbonyl (C=O) groups is 1. The van der Waals surface area contributed by atoms with Crippen molar-refractivity contribution < 1.29 is 4.79 Å². The van der Waals surface area contributed by atoms with Gasteiger partial charge in [0.2, 0.25) is 0 Å². The molecule has 1 aliphatic heterocycles. The SMILES string of the molecule is CCCC1(N)CN(C(=O)c2ccnc3ccccc23)C1. The lowest BCUT2D eigenvalue weighted by atomic mass is 9.86. The number of fused-ring (bicyclic) bond motifs is 1. The van der Waals surface area contributed by atoms with Crippen molar-refractivity contribution in [2.75, 3.05) is 13.1 Å². The van der Waals surface area contributed by atoms with Crippen LogP contribution in [0.3, 0.4) is 0 Å². The maximum atomic E-state index is 12.6. The first-order valence-electron chi connectivity index (χ1n) is 7.05. The van der Waals surface area contributed by atoms with Crippen LogP contribution in [-0.4, -0.2) is 34.4 Å². The summed E-state index contributed by atoms with van der Waals surface area (Å²) in [6.07, 6.45) is 3.71. The van der Waals surface area contributed by atoms with E-state index < -0.39 is 0 Å². The fraction of sp³-hybridized carbons (Fsp3) is 0.375. The lowest BCUT2D eigenvalue weighted by molar-refractivity contribution is 0.0388. The van der Waals surface area contributed by atoms with Gasteiger partial charge in [-0.05, 0) is 18.6 Å². The molecule has 3 rings (SSSR count). The first-order valence-corrected chi connectivity index (χ1v) is 7.05. The van der Waals surface area contributed by atoms with E-state index in [0.29, 0.717) is 18.7 Å². The van der Waals surface area contributed by atoms with Crippen molar-refractivity contribution in [3.05, 3.63) is 42.1 Å². The zero-order valence-corrected chi connectivity index (χ0v) is 11.7. The largest absolute Gasteiger partial charge is 0.335 e. The first kappa shape index (κ1) is 13.1. The van der Waals surface area contributed by atoms with E-state index >= 15 is 0 Å². The molecule has 20 heavy (non-hydrogen) atoms. The standard InChI is InChI=1S/C16H19N3O/c1-2-8-16(17)10-19(11-16)15(20)13-7-9-18-14-6-4-3-5-12(13)14/h3-7,9H,2,8,10-11,17H2,1H3. The predicted molar refractivity (Wildman–Crippen MR) is 79.5 cm³/mol. The van der Waals surface area contributed by atoms with Gasteiger partial charge < -0.3 is 10.6 Å². The zero-order valence-electron chi connectivity index (χ0n) is 11.7. The maximum Gasteiger partial charge on any atom is 0.254 e. The zero-order chi connectivity index (χ0) is 14.2. The van der Waals surface area contributed by atoms with Crippen molar-refractivity contribution in [3.8, 4) is 0 Å². The Morgan fingerprint density at radius 2 is 2.10 bits per heavy atom. The number of amides is 1. The summed E-state index contributed by atoms with van der Waals surface area (Å²) in [6, 6.07) is 9.52. The maximum absolute atomic E-state index is 12.6. The number of benzene rings is 1. The fourth-order valence-electron chi connectivity index (χ4n) is 2.97. The first-order chi connectivity index (χ1) is 9.63. The molecule has 4 heteroatoms. The van der Waals surface area contributed by atoms with Gasteiger partial charge in [-0.3, -0.25) is 9.78 Å². The van der Waals surface area contributed by atoms with Gasteiger partial charge in [-0.2, -0.15) is 0 Å². The number of nitrogens with two attached hydrogens (primary N) is 1. The third kappa shape index (κ3) is 2.16. The van der Waals surface area contributed by atoms with Crippen LogP contribution in [0, 0.1) is 0 Å². The number of rotatable bonds is 3. The normalized spacial score (nSPS) is 17.0. The quantitative estimate of drug-likeness (QED) is 0.929. The molecule has 2 N–H and O–H groups in total. The Kier molecular flexibility index (Phi) is 3.18. The molecular formula is C16H19N3O. The second-order valence-corrected chi connectivity index (χ2v) is 5.65. The van der Waals surface area contributed by atoms with Gasteiger partial charge in [0.1, 0.15) is 0 Å². The van der Waals surface area contributed by atoms with Crippen molar-refractivity contribution >= 4 is 16.8 Å². The van der Waals surface area contributed by atoms with Crippen molar-refractivity contribution in [1.29, 1.82) is 0 Å². The van der Waals surface area contributed by atoms with E-state index in [2.05, 4.69) is 11.9 Å². The molecular weight excluding hydrogens is 250 g/mol. The summed E-state index contributed by atoms with van der Waals surface area (Å²) < 4.78 is 0. The fourth-order valence-corrected chi connectivity index (χ4v) is 2.97. The van der Waals surface area contributed by atoms with Gasteiger partial charge in [0, 0.05) is 24.7 Å². The molecule has 0 saturated carbocycles. The number of hydrogen-bond donors (Lipinski definition) is 1. The molecule has 2 heterocycles. The van der Waals surface area contributed by atoms with Crippen LogP contribution in [0.2, 0.25) is 0 Å². The van der Waals surface area contributed by atoms with E-state index in [-0.39, 0.29) is 11.4 Å². The number of aromatic nitrogens is 1. The topological polar surface area (TPSA) is 59.2 Å². The predicted octanol–water partition coefficient (Wildman–Crippen LogP) is 2.19. The molecule has 4 nitrogen and oxygen atoms in total. The van der Waals surface area contributed by atoms with Crippen molar-refractivity contribution in [1.82, 2.24) is 9.88 Å². The van der Waals surface area contributed by atoms with Crippen LogP contribution in [-0.2, 0) is 0 Å². The van der Waals surface area contributed by atoms with Gasteiger partial charge >= 0.3 is 0 Å². The molecule has 104 valence electrons. The molecule has 0 bridgehead atoms. The lowest BCUT2D eigenvalue weighted by Gasteiger charge is -2.47. The highest BCUT2D eigenvalue weighted by Gasteiger charge is 2.41. The van der Waals surface area contributed by atoms with Crippen LogP contribution >= 0.6 is 0 Å². The number of carbonyl (C=O) groups excluding carboxylic acids is 1. The van der Waals surface area contributed by atoms with Crippen molar-refractivity contribution in [3.63, 3.8) is 0 Å². The van der Waals surface area contributed by atoms with Gasteiger partial charge in [0.15, 0.2) is 0 Å². The van der Waals surface area contributed by atoms with Crippen LogP contribution in [0.15, 0.2) is 36.5 Å². The molecule has 0 spiro atoms. The Hall–Kier alpha value is -1.94. The molecule has 1 saturated heterocycles. The van der Waals surface area contributed by atoms with Gasteiger partial charge in [-0.1, -0.05) is 31.5 Å². The molecule has 2 aromatic rings. The molecule has 0 atom stereocenters. The third-order valence-corrected chi connectivity index (χ3v) is 3.93. The van der Waals surface area contributed by atoms with E-state index in [1.165, 1.54) is 0 Å². The van der Waals surface area contributed by atoms with Gasteiger partial charge in [0.25, 0.3) is 5.91 Å². The van der Waals surface area contributed by atoms with Crippen LogP contribution < -0.4 is 5.73 Å². The Morgan fingerprint density at radius 3 is 2.85 bits per heavy atom. The summed E-state index contributed by atoms with van der Waals surface area (Å²) in [6.45, 7) is 3.42. The molecule has 0 unspecified atom stereocenters. The molecule has 1 amide bonds. The summed E-state index contributed by atoms with van der Waals surface area (Å²) in [5.41, 5.74) is 7.61. The molecule has 0 radical (unpaired) electrons. The summed E-state index contributed by atoms with van der Waals surface area (Å²) >= 11 is 0. The van der Waals surface area contributed by atoms with Gasteiger partial charge in [-0.15, -0.1) is 0 Å². The Bertz CT molecular complexity index is 642. The highest BCUT2D eigenvalue weighted by Crippen LogP contribution is 2.27. The average molecular weight is 269 g/mol. The minimum atomic E-state index is -0.187. The van der Waals surface area contributed by atoms with E-state index in [0.717, 1.165) is 23.7 Å². The van der Waals surface area contributed by atoms with Crippen LogP contribution in [0.5, 0.6) is 0 Å². The highest BCUT2D eigenvalue weighted by atomic mass is 16.2. The number of nitrogens with zero attached hydrogens (tertiary/aromatic N) is 2. The molecule has 1 aromatic heterocycles. The van der Waals surface area contributed by atoms with E-state index in [4.69, 9.17) is 5.73 Å². The summed E-state index contributed by atoms with van der Waals surface area (Å²) in [7, 11) is 0.